The van der Waals surface area contributed by atoms with Crippen molar-refractivity contribution < 1.29 is 23.9 Å². The molecule has 0 bridgehead atoms. The van der Waals surface area contributed by atoms with Crippen LogP contribution in [-0.4, -0.2) is 41.0 Å². The van der Waals surface area contributed by atoms with Gasteiger partial charge in [0.2, 0.25) is 0 Å². The average Bonchev–Trinajstić information content (AvgIpc) is 3.00. The van der Waals surface area contributed by atoms with Crippen molar-refractivity contribution >= 4 is 17.8 Å². The van der Waals surface area contributed by atoms with Gasteiger partial charge in [0.15, 0.2) is 5.76 Å². The predicted molar refractivity (Wildman–Crippen MR) is 83.9 cm³/mol. The topological polar surface area (TPSA) is 122 Å². The molecular weight excluding hydrogens is 314 g/mol. The lowest BCUT2D eigenvalue weighted by Gasteiger charge is -2.06. The van der Waals surface area contributed by atoms with Crippen LogP contribution in [0, 0.1) is 6.92 Å². The highest BCUT2D eigenvalue weighted by molar-refractivity contribution is 5.94. The fourth-order valence-electron chi connectivity index (χ4n) is 1.95. The van der Waals surface area contributed by atoms with Gasteiger partial charge in [0, 0.05) is 18.7 Å². The van der Waals surface area contributed by atoms with Gasteiger partial charge in [-0.25, -0.2) is 9.78 Å². The van der Waals surface area contributed by atoms with Crippen LogP contribution < -0.4 is 10.6 Å². The van der Waals surface area contributed by atoms with Gasteiger partial charge in [-0.05, 0) is 31.5 Å². The molecule has 0 aliphatic rings. The Hall–Kier alpha value is -3.16. The third-order valence-electron chi connectivity index (χ3n) is 3.19. The first kappa shape index (κ1) is 17.2. The minimum Gasteiger partial charge on any atom is -0.477 e. The third kappa shape index (κ3) is 4.42. The van der Waals surface area contributed by atoms with E-state index in [1.807, 2.05) is 0 Å². The van der Waals surface area contributed by atoms with Gasteiger partial charge in [-0.15, -0.1) is 0 Å². The number of carboxylic acid groups (broad SMARTS) is 1. The maximum atomic E-state index is 11.9. The minimum absolute atomic E-state index is 0.0325. The highest BCUT2D eigenvalue weighted by Crippen LogP contribution is 2.07. The van der Waals surface area contributed by atoms with E-state index in [0.717, 1.165) is 5.56 Å². The van der Waals surface area contributed by atoms with E-state index in [1.54, 1.807) is 13.0 Å². The number of hydrogen-bond acceptors (Lipinski definition) is 5. The molecule has 126 valence electrons. The van der Waals surface area contributed by atoms with Gasteiger partial charge in [0.1, 0.15) is 11.4 Å². The summed E-state index contributed by atoms with van der Waals surface area (Å²) >= 11 is 0. The van der Waals surface area contributed by atoms with Crippen LogP contribution >= 0.6 is 0 Å². The molecule has 2 heterocycles. The van der Waals surface area contributed by atoms with Crippen LogP contribution in [0.4, 0.5) is 0 Å². The van der Waals surface area contributed by atoms with Crippen LogP contribution in [0.2, 0.25) is 0 Å². The fourth-order valence-corrected chi connectivity index (χ4v) is 1.95. The molecule has 2 aromatic rings. The summed E-state index contributed by atoms with van der Waals surface area (Å²) in [7, 11) is 0. The predicted octanol–water partition coefficient (Wildman–Crippen LogP) is 1.23. The van der Waals surface area contributed by atoms with Gasteiger partial charge >= 0.3 is 5.97 Å². The number of amides is 2. The second-order valence-electron chi connectivity index (χ2n) is 5.01. The zero-order valence-electron chi connectivity index (χ0n) is 13.0. The molecule has 2 amide bonds. The van der Waals surface area contributed by atoms with E-state index >= 15 is 0 Å². The molecular formula is C16H17N3O5. The van der Waals surface area contributed by atoms with Crippen molar-refractivity contribution in [3.05, 3.63) is 53.2 Å². The minimum atomic E-state index is -1.19. The molecule has 0 aromatic carbocycles. The standard InChI is InChI=1S/C16H17N3O5/c1-10-6-9-24-13(10)15(21)18-8-3-7-17-14(20)11-4-2-5-12(19-11)16(22)23/h2,4-6,9H,3,7-8H2,1H3,(H,17,20)(H,18,21)(H,22,23). The molecule has 0 saturated carbocycles. The second-order valence-corrected chi connectivity index (χ2v) is 5.01. The average molecular weight is 331 g/mol. The van der Waals surface area contributed by atoms with Crippen LogP contribution in [0.1, 0.15) is 43.5 Å². The van der Waals surface area contributed by atoms with Crippen molar-refractivity contribution in [3.63, 3.8) is 0 Å². The summed E-state index contributed by atoms with van der Waals surface area (Å²) in [5.41, 5.74) is 0.596. The molecule has 3 N–H and O–H groups in total. The molecule has 0 aliphatic heterocycles. The number of nitrogens with zero attached hydrogens (tertiary/aromatic N) is 1. The van der Waals surface area contributed by atoms with Crippen molar-refractivity contribution in [2.75, 3.05) is 13.1 Å². The van der Waals surface area contributed by atoms with Gasteiger partial charge in [-0.2, -0.15) is 0 Å². The van der Waals surface area contributed by atoms with Crippen molar-refractivity contribution in [2.45, 2.75) is 13.3 Å². The summed E-state index contributed by atoms with van der Waals surface area (Å²) in [6.45, 7) is 2.45. The SMILES string of the molecule is Cc1ccoc1C(=O)NCCCNC(=O)c1cccc(C(=O)O)n1. The van der Waals surface area contributed by atoms with Crippen molar-refractivity contribution in [3.8, 4) is 0 Å². The summed E-state index contributed by atoms with van der Waals surface area (Å²) < 4.78 is 5.07. The van der Waals surface area contributed by atoms with Crippen LogP contribution in [-0.2, 0) is 0 Å². The molecule has 0 fully saturated rings. The molecule has 2 rings (SSSR count). The summed E-state index contributed by atoms with van der Waals surface area (Å²) in [5.74, 6) is -1.69. The molecule has 0 radical (unpaired) electrons. The lowest BCUT2D eigenvalue weighted by atomic mass is 10.2. The van der Waals surface area contributed by atoms with Crippen molar-refractivity contribution in [1.29, 1.82) is 0 Å². The molecule has 24 heavy (non-hydrogen) atoms. The van der Waals surface area contributed by atoms with E-state index in [9.17, 15) is 14.4 Å². The lowest BCUT2D eigenvalue weighted by Crippen LogP contribution is -2.30. The van der Waals surface area contributed by atoms with Crippen molar-refractivity contribution in [1.82, 2.24) is 15.6 Å². The number of aromatic carboxylic acids is 1. The van der Waals surface area contributed by atoms with E-state index in [4.69, 9.17) is 9.52 Å². The first-order valence-corrected chi connectivity index (χ1v) is 7.30. The van der Waals surface area contributed by atoms with E-state index in [-0.39, 0.29) is 23.1 Å². The van der Waals surface area contributed by atoms with Gasteiger partial charge in [-0.1, -0.05) is 6.07 Å². The highest BCUT2D eigenvalue weighted by atomic mass is 16.4. The van der Waals surface area contributed by atoms with E-state index in [0.29, 0.717) is 19.5 Å². The molecule has 0 saturated heterocycles. The van der Waals surface area contributed by atoms with Gasteiger partial charge in [0.05, 0.1) is 6.26 Å². The Bertz CT molecular complexity index is 754. The van der Waals surface area contributed by atoms with Gasteiger partial charge in [-0.3, -0.25) is 9.59 Å². The molecule has 0 unspecified atom stereocenters. The monoisotopic (exact) mass is 331 g/mol. The Labute approximate surface area is 137 Å². The van der Waals surface area contributed by atoms with E-state index in [2.05, 4.69) is 15.6 Å². The lowest BCUT2D eigenvalue weighted by molar-refractivity contribution is 0.0690. The van der Waals surface area contributed by atoms with E-state index < -0.39 is 11.9 Å². The summed E-state index contributed by atoms with van der Waals surface area (Å²) in [6, 6.07) is 5.90. The number of pyridine rings is 1. The normalized spacial score (nSPS) is 10.2. The number of carboxylic acids is 1. The number of furan rings is 1. The zero-order valence-corrected chi connectivity index (χ0v) is 13.0. The fraction of sp³-hybridized carbons (Fsp3) is 0.250. The summed E-state index contributed by atoms with van der Waals surface area (Å²) in [5, 5.41) is 14.1. The molecule has 8 heteroatoms. The van der Waals surface area contributed by atoms with Gasteiger partial charge < -0.3 is 20.2 Å². The van der Waals surface area contributed by atoms with Crippen LogP contribution in [0.5, 0.6) is 0 Å². The number of aromatic nitrogens is 1. The Morgan fingerprint density at radius 1 is 1.08 bits per heavy atom. The highest BCUT2D eigenvalue weighted by Gasteiger charge is 2.12. The molecule has 0 atom stereocenters. The van der Waals surface area contributed by atoms with E-state index in [1.165, 1.54) is 24.5 Å². The molecule has 0 aliphatic carbocycles. The van der Waals surface area contributed by atoms with Crippen LogP contribution in [0.15, 0.2) is 34.9 Å². The number of nitrogens with one attached hydrogen (secondary N) is 2. The molecule has 2 aromatic heterocycles. The Balaban J connectivity index is 1.73. The number of aryl methyl sites for hydroxylation is 1. The van der Waals surface area contributed by atoms with Crippen molar-refractivity contribution in [2.24, 2.45) is 0 Å². The first-order chi connectivity index (χ1) is 11.5. The Morgan fingerprint density at radius 2 is 1.75 bits per heavy atom. The molecule has 0 spiro atoms. The Kier molecular flexibility index (Phi) is 5.67. The quantitative estimate of drug-likeness (QED) is 0.656. The number of carbonyl (C=O) groups excluding carboxylic acids is 2. The number of hydrogen-bond donors (Lipinski definition) is 3. The zero-order chi connectivity index (χ0) is 17.5. The largest absolute Gasteiger partial charge is 0.477 e. The smallest absolute Gasteiger partial charge is 0.354 e. The second kappa shape index (κ2) is 7.91. The van der Waals surface area contributed by atoms with Gasteiger partial charge in [0.25, 0.3) is 11.8 Å². The van der Waals surface area contributed by atoms with Crippen LogP contribution in [0.3, 0.4) is 0 Å². The number of rotatable bonds is 7. The first-order valence-electron chi connectivity index (χ1n) is 7.30. The van der Waals surface area contributed by atoms with Crippen LogP contribution in [0.25, 0.3) is 0 Å². The Morgan fingerprint density at radius 3 is 2.38 bits per heavy atom. The summed E-state index contributed by atoms with van der Waals surface area (Å²) in [6.07, 6.45) is 1.96. The maximum absolute atomic E-state index is 11.9. The number of carbonyl (C=O) groups is 3. The molecule has 8 nitrogen and oxygen atoms in total. The maximum Gasteiger partial charge on any atom is 0.354 e. The third-order valence-corrected chi connectivity index (χ3v) is 3.19. The summed E-state index contributed by atoms with van der Waals surface area (Å²) in [4.78, 5) is 38.2.